The van der Waals surface area contributed by atoms with Gasteiger partial charge in [-0.05, 0) is 19.4 Å². The van der Waals surface area contributed by atoms with E-state index >= 15 is 0 Å². The van der Waals surface area contributed by atoms with Gasteiger partial charge in [0.25, 0.3) is 0 Å². The summed E-state index contributed by atoms with van der Waals surface area (Å²) in [4.78, 5) is 1.42. The summed E-state index contributed by atoms with van der Waals surface area (Å²) in [7, 11) is 1.52. The number of alkyl halides is 3. The fraction of sp³-hybridized carbons (Fsp3) is 1.00. The summed E-state index contributed by atoms with van der Waals surface area (Å²) in [6.45, 7) is 2.13. The van der Waals surface area contributed by atoms with Gasteiger partial charge in [0.1, 0.15) is 0 Å². The number of hydrogen-bond donors (Lipinski definition) is 1. The standard InChI is InChI=1S/C11H21F3N2O/c1-3-16(8-11(12,13)14)10(7-17-2)6-15-9-4-5-9/h9-10,15H,3-8H2,1-2H3. The molecule has 0 spiro atoms. The van der Waals surface area contributed by atoms with Crippen LogP contribution in [0.1, 0.15) is 19.8 Å². The van der Waals surface area contributed by atoms with Crippen molar-refractivity contribution in [1.29, 1.82) is 0 Å². The zero-order chi connectivity index (χ0) is 12.9. The summed E-state index contributed by atoms with van der Waals surface area (Å²) in [6, 6.07) is 0.283. The Morgan fingerprint density at radius 1 is 1.41 bits per heavy atom. The Hall–Kier alpha value is -0.330. The molecule has 1 aliphatic rings. The first-order valence-electron chi connectivity index (χ1n) is 5.99. The Labute approximate surface area is 100 Å². The number of rotatable bonds is 8. The fourth-order valence-electron chi connectivity index (χ4n) is 1.81. The highest BCUT2D eigenvalue weighted by Gasteiger charge is 2.33. The van der Waals surface area contributed by atoms with Crippen LogP contribution in [-0.2, 0) is 4.74 Å². The summed E-state index contributed by atoms with van der Waals surface area (Å²) in [5.74, 6) is 0. The monoisotopic (exact) mass is 254 g/mol. The molecule has 0 radical (unpaired) electrons. The molecule has 1 saturated carbocycles. The maximum atomic E-state index is 12.4. The van der Waals surface area contributed by atoms with Crippen molar-refractivity contribution in [3.05, 3.63) is 0 Å². The Balaban J connectivity index is 2.44. The largest absolute Gasteiger partial charge is 0.401 e. The summed E-state index contributed by atoms with van der Waals surface area (Å²) >= 11 is 0. The minimum absolute atomic E-state index is 0.216. The van der Waals surface area contributed by atoms with Crippen LogP contribution >= 0.6 is 0 Å². The SMILES string of the molecule is CCN(CC(F)(F)F)C(CNC1CC1)COC. The van der Waals surface area contributed by atoms with Gasteiger partial charge in [0.2, 0.25) is 0 Å². The Kier molecular flexibility index (Phi) is 5.69. The van der Waals surface area contributed by atoms with E-state index in [1.165, 1.54) is 12.0 Å². The van der Waals surface area contributed by atoms with Crippen LogP contribution in [0.3, 0.4) is 0 Å². The van der Waals surface area contributed by atoms with Crippen LogP contribution in [0, 0.1) is 0 Å². The van der Waals surface area contributed by atoms with E-state index in [4.69, 9.17) is 4.74 Å². The third-order valence-corrected chi connectivity index (χ3v) is 2.88. The first-order valence-corrected chi connectivity index (χ1v) is 5.99. The second-order valence-electron chi connectivity index (χ2n) is 4.47. The van der Waals surface area contributed by atoms with Gasteiger partial charge >= 0.3 is 6.18 Å². The molecule has 0 bridgehead atoms. The smallest absolute Gasteiger partial charge is 0.383 e. The molecule has 0 amide bonds. The zero-order valence-electron chi connectivity index (χ0n) is 10.4. The van der Waals surface area contributed by atoms with Crippen molar-refractivity contribution in [2.24, 2.45) is 0 Å². The first-order chi connectivity index (χ1) is 7.96. The maximum Gasteiger partial charge on any atom is 0.401 e. The second kappa shape index (κ2) is 6.56. The lowest BCUT2D eigenvalue weighted by Crippen LogP contribution is -2.49. The highest BCUT2D eigenvalue weighted by atomic mass is 19.4. The molecule has 0 aliphatic heterocycles. The quantitative estimate of drug-likeness (QED) is 0.712. The molecular formula is C11H21F3N2O. The number of methoxy groups -OCH3 is 1. The third-order valence-electron chi connectivity index (χ3n) is 2.88. The van der Waals surface area contributed by atoms with Crippen LogP contribution in [0.4, 0.5) is 13.2 Å². The van der Waals surface area contributed by atoms with Crippen LogP contribution in [0.2, 0.25) is 0 Å². The maximum absolute atomic E-state index is 12.4. The van der Waals surface area contributed by atoms with E-state index in [9.17, 15) is 13.2 Å². The Bertz CT molecular complexity index is 219. The van der Waals surface area contributed by atoms with Crippen molar-refractivity contribution >= 4 is 0 Å². The van der Waals surface area contributed by atoms with Crippen molar-refractivity contribution in [2.45, 2.75) is 38.0 Å². The first kappa shape index (κ1) is 14.7. The van der Waals surface area contributed by atoms with Gasteiger partial charge in [0.05, 0.1) is 13.2 Å². The molecule has 1 atom stereocenters. The fourth-order valence-corrected chi connectivity index (χ4v) is 1.81. The van der Waals surface area contributed by atoms with Crippen molar-refractivity contribution < 1.29 is 17.9 Å². The van der Waals surface area contributed by atoms with Gasteiger partial charge < -0.3 is 10.1 Å². The number of nitrogens with zero attached hydrogens (tertiary/aromatic N) is 1. The Morgan fingerprint density at radius 2 is 2.06 bits per heavy atom. The van der Waals surface area contributed by atoms with Gasteiger partial charge in [0.15, 0.2) is 0 Å². The van der Waals surface area contributed by atoms with Crippen molar-refractivity contribution in [1.82, 2.24) is 10.2 Å². The van der Waals surface area contributed by atoms with E-state index in [-0.39, 0.29) is 6.04 Å². The van der Waals surface area contributed by atoms with Gasteiger partial charge in [-0.25, -0.2) is 0 Å². The van der Waals surface area contributed by atoms with E-state index < -0.39 is 12.7 Å². The molecule has 102 valence electrons. The predicted molar refractivity (Wildman–Crippen MR) is 60.0 cm³/mol. The topological polar surface area (TPSA) is 24.5 Å². The van der Waals surface area contributed by atoms with E-state index in [0.29, 0.717) is 25.7 Å². The highest BCUT2D eigenvalue weighted by Crippen LogP contribution is 2.20. The molecule has 3 nitrogen and oxygen atoms in total. The van der Waals surface area contributed by atoms with Gasteiger partial charge in [0, 0.05) is 25.7 Å². The zero-order valence-corrected chi connectivity index (χ0v) is 10.4. The van der Waals surface area contributed by atoms with Crippen LogP contribution < -0.4 is 5.32 Å². The second-order valence-corrected chi connectivity index (χ2v) is 4.47. The minimum atomic E-state index is -4.15. The van der Waals surface area contributed by atoms with Crippen molar-refractivity contribution in [3.8, 4) is 0 Å². The van der Waals surface area contributed by atoms with Gasteiger partial charge in [-0.1, -0.05) is 6.92 Å². The molecule has 1 aliphatic carbocycles. The van der Waals surface area contributed by atoms with Crippen LogP contribution in [0.5, 0.6) is 0 Å². The molecule has 0 aromatic rings. The number of nitrogens with one attached hydrogen (secondary N) is 1. The van der Waals surface area contributed by atoms with Crippen molar-refractivity contribution in [2.75, 3.05) is 33.4 Å². The van der Waals surface area contributed by atoms with E-state index in [1.54, 1.807) is 6.92 Å². The van der Waals surface area contributed by atoms with Gasteiger partial charge in [-0.15, -0.1) is 0 Å². The normalized spacial score (nSPS) is 18.7. The number of hydrogen-bond acceptors (Lipinski definition) is 3. The molecule has 0 aromatic carbocycles. The minimum Gasteiger partial charge on any atom is -0.383 e. The Morgan fingerprint density at radius 3 is 2.47 bits per heavy atom. The predicted octanol–water partition coefficient (Wildman–Crippen LogP) is 1.64. The lowest BCUT2D eigenvalue weighted by Gasteiger charge is -2.31. The summed E-state index contributed by atoms with van der Waals surface area (Å²) in [6.07, 6.45) is -1.89. The third kappa shape index (κ3) is 6.24. The molecular weight excluding hydrogens is 233 g/mol. The van der Waals surface area contributed by atoms with E-state index in [0.717, 1.165) is 12.8 Å². The van der Waals surface area contributed by atoms with E-state index in [2.05, 4.69) is 5.32 Å². The summed E-state index contributed by atoms with van der Waals surface area (Å²) < 4.78 is 42.2. The highest BCUT2D eigenvalue weighted by molar-refractivity contribution is 4.84. The van der Waals surface area contributed by atoms with Crippen LogP contribution in [-0.4, -0.2) is 56.5 Å². The molecule has 1 fully saturated rings. The number of likely N-dealkylation sites (N-methyl/N-ethyl adjacent to an activating group) is 1. The molecule has 1 rings (SSSR count). The van der Waals surface area contributed by atoms with Gasteiger partial charge in [-0.3, -0.25) is 4.90 Å². The molecule has 1 N–H and O–H groups in total. The number of halogens is 3. The molecule has 0 heterocycles. The van der Waals surface area contributed by atoms with Crippen LogP contribution in [0.25, 0.3) is 0 Å². The van der Waals surface area contributed by atoms with E-state index in [1.807, 2.05) is 0 Å². The average Bonchev–Trinajstić information content (AvgIpc) is 3.03. The van der Waals surface area contributed by atoms with Gasteiger partial charge in [-0.2, -0.15) is 13.2 Å². The lowest BCUT2D eigenvalue weighted by atomic mass is 10.2. The molecule has 0 saturated heterocycles. The lowest BCUT2D eigenvalue weighted by molar-refractivity contribution is -0.152. The summed E-state index contributed by atoms with van der Waals surface area (Å²) in [5.41, 5.74) is 0. The molecule has 6 heteroatoms. The summed E-state index contributed by atoms with van der Waals surface area (Å²) in [5, 5.41) is 3.25. The average molecular weight is 254 g/mol. The molecule has 0 aromatic heterocycles. The van der Waals surface area contributed by atoms with Crippen LogP contribution in [0.15, 0.2) is 0 Å². The molecule has 17 heavy (non-hydrogen) atoms. The molecule has 1 unspecified atom stereocenters. The van der Waals surface area contributed by atoms with Crippen molar-refractivity contribution in [3.63, 3.8) is 0 Å². The number of ether oxygens (including phenoxy) is 1.